The minimum absolute atomic E-state index is 0.482. The molecule has 0 aliphatic heterocycles. The highest BCUT2D eigenvalue weighted by atomic mass is 15.1. The van der Waals surface area contributed by atoms with E-state index < -0.39 is 0 Å². The Morgan fingerprint density at radius 3 is 2.24 bits per heavy atom. The first kappa shape index (κ1) is 13.4. The second-order valence-electron chi connectivity index (χ2n) is 6.56. The molecule has 100 valence electrons. The van der Waals surface area contributed by atoms with Crippen molar-refractivity contribution in [3.8, 4) is 0 Å². The first-order chi connectivity index (χ1) is 8.19. The topological polar surface area (TPSA) is 29.3 Å². The van der Waals surface area contributed by atoms with Crippen LogP contribution in [0.4, 0.5) is 0 Å². The van der Waals surface area contributed by atoms with E-state index in [0.717, 1.165) is 18.5 Å². The lowest BCUT2D eigenvalue weighted by molar-refractivity contribution is 0.0517. The van der Waals surface area contributed by atoms with Crippen LogP contribution in [0.25, 0.3) is 0 Å². The second kappa shape index (κ2) is 5.71. The highest BCUT2D eigenvalue weighted by Gasteiger charge is 2.38. The van der Waals surface area contributed by atoms with E-state index in [0.29, 0.717) is 5.41 Å². The summed E-state index contributed by atoms with van der Waals surface area (Å²) in [6, 6.07) is 0.835. The van der Waals surface area contributed by atoms with Gasteiger partial charge in [-0.25, -0.2) is 0 Å². The number of nitrogens with two attached hydrogens (primary N) is 1. The highest BCUT2D eigenvalue weighted by Crippen LogP contribution is 2.41. The number of rotatable bonds is 5. The Morgan fingerprint density at radius 2 is 1.82 bits per heavy atom. The first-order valence-corrected chi connectivity index (χ1v) is 7.59. The number of hydrogen-bond acceptors (Lipinski definition) is 2. The van der Waals surface area contributed by atoms with Crippen LogP contribution in [0.3, 0.4) is 0 Å². The summed E-state index contributed by atoms with van der Waals surface area (Å²) in [5, 5.41) is 0. The van der Waals surface area contributed by atoms with E-state index in [2.05, 4.69) is 18.9 Å². The summed E-state index contributed by atoms with van der Waals surface area (Å²) >= 11 is 0. The molecule has 0 heterocycles. The van der Waals surface area contributed by atoms with Crippen molar-refractivity contribution in [2.75, 3.05) is 20.1 Å². The third-order valence-electron chi connectivity index (χ3n) is 5.45. The summed E-state index contributed by atoms with van der Waals surface area (Å²) < 4.78 is 0. The average molecular weight is 238 g/mol. The predicted molar refractivity (Wildman–Crippen MR) is 74.0 cm³/mol. The molecule has 0 aromatic carbocycles. The zero-order valence-corrected chi connectivity index (χ0v) is 11.8. The lowest BCUT2D eigenvalue weighted by atomic mass is 9.68. The maximum atomic E-state index is 5.96. The molecule has 2 saturated carbocycles. The van der Waals surface area contributed by atoms with Crippen molar-refractivity contribution in [1.82, 2.24) is 4.90 Å². The molecule has 0 aromatic heterocycles. The molecule has 0 bridgehead atoms. The average Bonchev–Trinajstić information content (AvgIpc) is 2.33. The van der Waals surface area contributed by atoms with E-state index in [4.69, 9.17) is 5.73 Å². The SMILES string of the molecule is CCC1CCC(N(C)CC2(CN)CCC2)CC1. The van der Waals surface area contributed by atoms with Crippen molar-refractivity contribution in [2.45, 2.75) is 64.3 Å². The van der Waals surface area contributed by atoms with Crippen LogP contribution in [0.5, 0.6) is 0 Å². The second-order valence-corrected chi connectivity index (χ2v) is 6.56. The van der Waals surface area contributed by atoms with E-state index in [1.54, 1.807) is 0 Å². The van der Waals surface area contributed by atoms with Gasteiger partial charge < -0.3 is 10.6 Å². The first-order valence-electron chi connectivity index (χ1n) is 7.59. The van der Waals surface area contributed by atoms with Gasteiger partial charge in [-0.15, -0.1) is 0 Å². The van der Waals surface area contributed by atoms with Crippen molar-refractivity contribution in [1.29, 1.82) is 0 Å². The Bertz CT molecular complexity index is 222. The molecule has 0 saturated heterocycles. The molecule has 2 fully saturated rings. The molecule has 0 atom stereocenters. The fourth-order valence-corrected chi connectivity index (χ4v) is 3.76. The van der Waals surface area contributed by atoms with Crippen LogP contribution in [0, 0.1) is 11.3 Å². The molecule has 0 unspecified atom stereocenters. The molecule has 0 aromatic rings. The fraction of sp³-hybridized carbons (Fsp3) is 1.00. The van der Waals surface area contributed by atoms with Gasteiger partial charge in [0.1, 0.15) is 0 Å². The van der Waals surface area contributed by atoms with Crippen LogP contribution in [0.15, 0.2) is 0 Å². The summed E-state index contributed by atoms with van der Waals surface area (Å²) in [6.45, 7) is 4.47. The fourth-order valence-electron chi connectivity index (χ4n) is 3.76. The normalized spacial score (nSPS) is 32.5. The summed E-state index contributed by atoms with van der Waals surface area (Å²) in [7, 11) is 2.33. The molecular weight excluding hydrogens is 208 g/mol. The Balaban J connectivity index is 1.78. The predicted octanol–water partition coefficient (Wildman–Crippen LogP) is 3.02. The quantitative estimate of drug-likeness (QED) is 0.798. The smallest absolute Gasteiger partial charge is 0.00926 e. The van der Waals surface area contributed by atoms with Crippen LogP contribution in [-0.2, 0) is 0 Å². The maximum absolute atomic E-state index is 5.96. The van der Waals surface area contributed by atoms with Crippen LogP contribution in [0.1, 0.15) is 58.3 Å². The van der Waals surface area contributed by atoms with Gasteiger partial charge in [0.15, 0.2) is 0 Å². The monoisotopic (exact) mass is 238 g/mol. The molecule has 0 spiro atoms. The Labute approximate surface area is 107 Å². The van der Waals surface area contributed by atoms with Crippen molar-refractivity contribution in [2.24, 2.45) is 17.1 Å². The molecule has 2 aliphatic rings. The van der Waals surface area contributed by atoms with Gasteiger partial charge in [-0.05, 0) is 63.5 Å². The van der Waals surface area contributed by atoms with Crippen LogP contribution < -0.4 is 5.73 Å². The van der Waals surface area contributed by atoms with Gasteiger partial charge in [0, 0.05) is 12.6 Å². The van der Waals surface area contributed by atoms with Gasteiger partial charge in [0.25, 0.3) is 0 Å². The molecular formula is C15H30N2. The van der Waals surface area contributed by atoms with Gasteiger partial charge in [0.2, 0.25) is 0 Å². The molecule has 0 radical (unpaired) electrons. The zero-order valence-electron chi connectivity index (χ0n) is 11.8. The lowest BCUT2D eigenvalue weighted by Crippen LogP contribution is -2.49. The molecule has 2 heteroatoms. The molecule has 2 nitrogen and oxygen atoms in total. The summed E-state index contributed by atoms with van der Waals surface area (Å²) in [4.78, 5) is 2.62. The molecule has 0 amide bonds. The summed E-state index contributed by atoms with van der Waals surface area (Å²) in [6.07, 6.45) is 11.2. The standard InChI is InChI=1S/C15H30N2/c1-3-13-5-7-14(8-6-13)17(2)12-15(11-16)9-4-10-15/h13-14H,3-12,16H2,1-2H3. The van der Waals surface area contributed by atoms with Gasteiger partial charge in [-0.3, -0.25) is 0 Å². The zero-order chi connectivity index (χ0) is 12.3. The van der Waals surface area contributed by atoms with Crippen molar-refractivity contribution in [3.05, 3.63) is 0 Å². The molecule has 2 rings (SSSR count). The van der Waals surface area contributed by atoms with E-state index in [-0.39, 0.29) is 0 Å². The molecule has 2 aliphatic carbocycles. The number of nitrogens with zero attached hydrogens (tertiary/aromatic N) is 1. The largest absolute Gasteiger partial charge is 0.330 e. The molecule has 2 N–H and O–H groups in total. The van der Waals surface area contributed by atoms with Crippen molar-refractivity contribution >= 4 is 0 Å². The van der Waals surface area contributed by atoms with E-state index in [1.807, 2.05) is 0 Å². The van der Waals surface area contributed by atoms with E-state index in [9.17, 15) is 0 Å². The van der Waals surface area contributed by atoms with Crippen molar-refractivity contribution in [3.63, 3.8) is 0 Å². The maximum Gasteiger partial charge on any atom is 0.00926 e. The summed E-state index contributed by atoms with van der Waals surface area (Å²) in [5.41, 5.74) is 6.45. The third-order valence-corrected chi connectivity index (χ3v) is 5.45. The van der Waals surface area contributed by atoms with E-state index in [1.165, 1.54) is 57.9 Å². The minimum Gasteiger partial charge on any atom is -0.330 e. The van der Waals surface area contributed by atoms with Gasteiger partial charge in [-0.1, -0.05) is 19.8 Å². The summed E-state index contributed by atoms with van der Waals surface area (Å²) in [5.74, 6) is 1.01. The Kier molecular flexibility index (Phi) is 4.48. The minimum atomic E-state index is 0.482. The van der Waals surface area contributed by atoms with Crippen LogP contribution >= 0.6 is 0 Å². The number of hydrogen-bond donors (Lipinski definition) is 1. The van der Waals surface area contributed by atoms with Crippen molar-refractivity contribution < 1.29 is 0 Å². The third kappa shape index (κ3) is 3.03. The Hall–Kier alpha value is -0.0800. The lowest BCUT2D eigenvalue weighted by Gasteiger charge is -2.46. The van der Waals surface area contributed by atoms with Gasteiger partial charge >= 0.3 is 0 Å². The molecule has 17 heavy (non-hydrogen) atoms. The van der Waals surface area contributed by atoms with Crippen LogP contribution in [-0.4, -0.2) is 31.1 Å². The van der Waals surface area contributed by atoms with Gasteiger partial charge in [-0.2, -0.15) is 0 Å². The van der Waals surface area contributed by atoms with Crippen LogP contribution in [0.2, 0.25) is 0 Å². The Morgan fingerprint density at radius 1 is 1.18 bits per heavy atom. The van der Waals surface area contributed by atoms with Gasteiger partial charge in [0.05, 0.1) is 0 Å². The van der Waals surface area contributed by atoms with E-state index >= 15 is 0 Å². The highest BCUT2D eigenvalue weighted by molar-refractivity contribution is 4.92.